The van der Waals surface area contributed by atoms with Crippen LogP contribution in [0, 0.1) is 11.8 Å². The van der Waals surface area contributed by atoms with Crippen LogP contribution in [-0.2, 0) is 16.4 Å². The van der Waals surface area contributed by atoms with Crippen LogP contribution in [-0.4, -0.2) is 30.9 Å². The number of rotatable bonds is 7. The average molecular weight is 460 g/mol. The maximum absolute atomic E-state index is 13.0. The van der Waals surface area contributed by atoms with Crippen LogP contribution in [0.1, 0.15) is 45.6 Å². The highest BCUT2D eigenvalue weighted by Crippen LogP contribution is 2.27. The number of hydrogen-bond donors (Lipinski definition) is 2. The molecule has 7 heteroatoms. The van der Waals surface area contributed by atoms with Gasteiger partial charge in [-0.3, -0.25) is 0 Å². The summed E-state index contributed by atoms with van der Waals surface area (Å²) in [6, 6.07) is 15.1. The van der Waals surface area contributed by atoms with E-state index in [-0.39, 0.29) is 0 Å². The molecule has 1 aliphatic rings. The molecule has 5 nitrogen and oxygen atoms in total. The first-order valence-electron chi connectivity index (χ1n) is 11.0. The molecule has 0 saturated carbocycles. The van der Waals surface area contributed by atoms with E-state index in [2.05, 4.69) is 43.5 Å². The van der Waals surface area contributed by atoms with Gasteiger partial charge in [0.15, 0.2) is 5.11 Å². The fourth-order valence-electron chi connectivity index (χ4n) is 4.09. The van der Waals surface area contributed by atoms with Gasteiger partial charge < -0.3 is 10.6 Å². The van der Waals surface area contributed by atoms with Crippen molar-refractivity contribution in [3.63, 3.8) is 0 Å². The van der Waals surface area contributed by atoms with E-state index in [1.807, 2.05) is 12.1 Å². The molecule has 0 aromatic heterocycles. The molecule has 0 unspecified atom stereocenters. The summed E-state index contributed by atoms with van der Waals surface area (Å²) in [5, 5.41) is 6.77. The summed E-state index contributed by atoms with van der Waals surface area (Å²) in [6.07, 6.45) is 4.53. The summed E-state index contributed by atoms with van der Waals surface area (Å²) in [4.78, 5) is 0.320. The van der Waals surface area contributed by atoms with Gasteiger partial charge in [0.05, 0.1) is 4.90 Å². The van der Waals surface area contributed by atoms with E-state index in [0.29, 0.717) is 34.9 Å². The lowest BCUT2D eigenvalue weighted by Crippen LogP contribution is -2.42. The van der Waals surface area contributed by atoms with Gasteiger partial charge in [-0.1, -0.05) is 39.3 Å². The molecule has 0 spiro atoms. The Labute approximate surface area is 192 Å². The molecule has 2 atom stereocenters. The lowest BCUT2D eigenvalue weighted by atomic mass is 9.94. The van der Waals surface area contributed by atoms with Crippen LogP contribution in [0.15, 0.2) is 53.4 Å². The number of hydrogen-bond acceptors (Lipinski definition) is 3. The zero-order valence-electron chi connectivity index (χ0n) is 18.6. The van der Waals surface area contributed by atoms with E-state index in [1.165, 1.54) is 18.4 Å². The highest BCUT2D eigenvalue weighted by molar-refractivity contribution is 7.89. The molecule has 2 aromatic carbocycles. The Bertz CT molecular complexity index is 963. The fourth-order valence-corrected chi connectivity index (χ4v) is 6.01. The first-order valence-corrected chi connectivity index (χ1v) is 12.9. The van der Waals surface area contributed by atoms with E-state index in [0.717, 1.165) is 24.2 Å². The molecule has 3 rings (SSSR count). The number of piperidine rings is 1. The van der Waals surface area contributed by atoms with E-state index >= 15 is 0 Å². The lowest BCUT2D eigenvalue weighted by molar-refractivity contribution is 0.222. The van der Waals surface area contributed by atoms with Gasteiger partial charge >= 0.3 is 0 Å². The fraction of sp³-hybridized carbons (Fsp3) is 0.458. The van der Waals surface area contributed by atoms with E-state index in [1.54, 1.807) is 28.6 Å². The Hall–Kier alpha value is -1.96. The van der Waals surface area contributed by atoms with Gasteiger partial charge in [-0.2, -0.15) is 4.31 Å². The van der Waals surface area contributed by atoms with Gasteiger partial charge in [-0.25, -0.2) is 8.42 Å². The minimum absolute atomic E-state index is 0.320. The van der Waals surface area contributed by atoms with Crippen molar-refractivity contribution in [2.24, 2.45) is 11.8 Å². The number of unbranched alkanes of at least 4 members (excludes halogenated alkanes) is 1. The summed E-state index contributed by atoms with van der Waals surface area (Å²) in [5.41, 5.74) is 2.99. The minimum atomic E-state index is -3.48. The van der Waals surface area contributed by atoms with Crippen molar-refractivity contribution in [2.75, 3.05) is 23.7 Å². The van der Waals surface area contributed by atoms with E-state index < -0.39 is 10.0 Å². The van der Waals surface area contributed by atoms with Gasteiger partial charge in [0.2, 0.25) is 10.0 Å². The van der Waals surface area contributed by atoms with Crippen molar-refractivity contribution in [2.45, 2.75) is 51.3 Å². The van der Waals surface area contributed by atoms with Crippen LogP contribution in [0.5, 0.6) is 0 Å². The third-order valence-corrected chi connectivity index (χ3v) is 7.67. The third kappa shape index (κ3) is 6.51. The largest absolute Gasteiger partial charge is 0.332 e. The van der Waals surface area contributed by atoms with E-state index in [9.17, 15) is 8.42 Å². The Morgan fingerprint density at radius 2 is 1.48 bits per heavy atom. The third-order valence-electron chi connectivity index (χ3n) is 5.62. The first kappa shape index (κ1) is 23.7. The second-order valence-electron chi connectivity index (χ2n) is 8.67. The van der Waals surface area contributed by atoms with Gasteiger partial charge in [0, 0.05) is 24.5 Å². The molecule has 1 heterocycles. The summed E-state index contributed by atoms with van der Waals surface area (Å²) < 4.78 is 27.6. The van der Waals surface area contributed by atoms with Crippen LogP contribution in [0.3, 0.4) is 0 Å². The van der Waals surface area contributed by atoms with Crippen molar-refractivity contribution >= 4 is 38.7 Å². The number of benzene rings is 2. The first-order chi connectivity index (χ1) is 14.8. The van der Waals surface area contributed by atoms with Gasteiger partial charge in [-0.15, -0.1) is 0 Å². The summed E-state index contributed by atoms with van der Waals surface area (Å²) in [7, 11) is -3.48. The normalized spacial score (nSPS) is 19.7. The van der Waals surface area contributed by atoms with E-state index in [4.69, 9.17) is 12.2 Å². The second-order valence-corrected chi connectivity index (χ2v) is 11.0. The second kappa shape index (κ2) is 10.6. The summed E-state index contributed by atoms with van der Waals surface area (Å²) in [5.74, 6) is 0.757. The number of aryl methyl sites for hydroxylation is 1. The van der Waals surface area contributed by atoms with Crippen molar-refractivity contribution in [3.05, 3.63) is 54.1 Å². The quantitative estimate of drug-likeness (QED) is 0.535. The Morgan fingerprint density at radius 3 is 2.00 bits per heavy atom. The van der Waals surface area contributed by atoms with Gasteiger partial charge in [-0.05, 0) is 85.3 Å². The average Bonchev–Trinajstić information content (AvgIpc) is 2.73. The molecule has 2 N–H and O–H groups in total. The van der Waals surface area contributed by atoms with Crippen molar-refractivity contribution < 1.29 is 8.42 Å². The number of sulfonamides is 1. The molecule has 31 heavy (non-hydrogen) atoms. The molecule has 0 amide bonds. The SMILES string of the molecule is CCCCc1ccc(NC(=S)Nc2ccc(S(=O)(=O)N3C[C@H](C)C[C@H](C)C3)cc2)cc1. The Morgan fingerprint density at radius 1 is 0.968 bits per heavy atom. The van der Waals surface area contributed by atoms with Crippen LogP contribution < -0.4 is 10.6 Å². The van der Waals surface area contributed by atoms with Crippen LogP contribution in [0.2, 0.25) is 0 Å². The predicted molar refractivity (Wildman–Crippen MR) is 133 cm³/mol. The summed E-state index contributed by atoms with van der Waals surface area (Å²) in [6.45, 7) is 7.57. The summed E-state index contributed by atoms with van der Waals surface area (Å²) >= 11 is 5.41. The standard InChI is InChI=1S/C24H33N3O2S2/c1-4-5-6-20-7-9-21(10-8-20)25-24(30)26-22-11-13-23(14-12-22)31(28,29)27-16-18(2)15-19(3)17-27/h7-14,18-19H,4-6,15-17H2,1-3H3,(H2,25,26,30)/t18-,19+. The molecule has 1 saturated heterocycles. The predicted octanol–water partition coefficient (Wildman–Crippen LogP) is 5.50. The molecule has 2 aromatic rings. The number of nitrogens with one attached hydrogen (secondary N) is 2. The van der Waals surface area contributed by atoms with Crippen LogP contribution in [0.4, 0.5) is 11.4 Å². The zero-order chi connectivity index (χ0) is 22.4. The smallest absolute Gasteiger partial charge is 0.243 e. The van der Waals surface area contributed by atoms with Crippen molar-refractivity contribution in [1.29, 1.82) is 0 Å². The van der Waals surface area contributed by atoms with Crippen LogP contribution >= 0.6 is 12.2 Å². The molecule has 168 valence electrons. The zero-order valence-corrected chi connectivity index (χ0v) is 20.2. The van der Waals surface area contributed by atoms with Crippen LogP contribution in [0.25, 0.3) is 0 Å². The molecular weight excluding hydrogens is 426 g/mol. The molecule has 1 fully saturated rings. The molecule has 0 bridgehead atoms. The number of thiocarbonyl (C=S) groups is 1. The molecule has 0 radical (unpaired) electrons. The monoisotopic (exact) mass is 459 g/mol. The topological polar surface area (TPSA) is 61.4 Å². The highest BCUT2D eigenvalue weighted by Gasteiger charge is 2.31. The maximum Gasteiger partial charge on any atom is 0.243 e. The van der Waals surface area contributed by atoms with Crippen molar-refractivity contribution in [1.82, 2.24) is 4.31 Å². The molecular formula is C24H33N3O2S2. The maximum atomic E-state index is 13.0. The Balaban J connectivity index is 1.59. The highest BCUT2D eigenvalue weighted by atomic mass is 32.2. The minimum Gasteiger partial charge on any atom is -0.332 e. The van der Waals surface area contributed by atoms with Crippen molar-refractivity contribution in [3.8, 4) is 0 Å². The number of anilines is 2. The van der Waals surface area contributed by atoms with Gasteiger partial charge in [0.25, 0.3) is 0 Å². The Kier molecular flexibility index (Phi) is 8.08. The lowest BCUT2D eigenvalue weighted by Gasteiger charge is -2.34. The number of nitrogens with zero attached hydrogens (tertiary/aromatic N) is 1. The molecule has 0 aliphatic carbocycles. The molecule has 1 aliphatic heterocycles. The van der Waals surface area contributed by atoms with Gasteiger partial charge in [0.1, 0.15) is 0 Å².